The minimum absolute atomic E-state index is 0.0293. The van der Waals surface area contributed by atoms with Crippen LogP contribution in [0.25, 0.3) is 0 Å². The van der Waals surface area contributed by atoms with Gasteiger partial charge < -0.3 is 10.6 Å². The van der Waals surface area contributed by atoms with Gasteiger partial charge in [0.1, 0.15) is 5.82 Å². The van der Waals surface area contributed by atoms with Crippen LogP contribution < -0.4 is 5.73 Å². The van der Waals surface area contributed by atoms with Crippen LogP contribution in [0.2, 0.25) is 0 Å². The zero-order valence-corrected chi connectivity index (χ0v) is 12.6. The molecule has 0 radical (unpaired) electrons. The van der Waals surface area contributed by atoms with Gasteiger partial charge in [0.2, 0.25) is 5.91 Å². The predicted octanol–water partition coefficient (Wildman–Crippen LogP) is 0.795. The number of amides is 1. The number of nitrogens with zero attached hydrogens (tertiary/aromatic N) is 1. The van der Waals surface area contributed by atoms with E-state index < -0.39 is 21.6 Å². The number of hydrogen-bond acceptors (Lipinski definition) is 4. The van der Waals surface area contributed by atoms with Crippen molar-refractivity contribution < 1.29 is 17.6 Å². The highest BCUT2D eigenvalue weighted by atomic mass is 32.2. The molecule has 21 heavy (non-hydrogen) atoms. The molecular weight excluding hydrogens is 295 g/mol. The summed E-state index contributed by atoms with van der Waals surface area (Å²) in [5, 5.41) is 0. The standard InChI is InChI=1S/C14H19FN2O3S/c1-10(14(18)17-7-6-12(16)8-17)9-21(19,20)13-4-2-11(15)3-5-13/h2-5,10,12H,6-9,16H2,1H3/t10-,12-/m0/s1. The van der Waals surface area contributed by atoms with Gasteiger partial charge in [-0.1, -0.05) is 6.92 Å². The molecule has 0 saturated carbocycles. The maximum absolute atomic E-state index is 12.8. The molecule has 2 rings (SSSR count). The van der Waals surface area contributed by atoms with Gasteiger partial charge in [-0.05, 0) is 30.7 Å². The van der Waals surface area contributed by atoms with E-state index in [1.165, 1.54) is 12.1 Å². The van der Waals surface area contributed by atoms with Crippen molar-refractivity contribution in [3.63, 3.8) is 0 Å². The summed E-state index contributed by atoms with van der Waals surface area (Å²) in [6.45, 7) is 2.63. The van der Waals surface area contributed by atoms with Gasteiger partial charge in [-0.2, -0.15) is 0 Å². The van der Waals surface area contributed by atoms with Crippen molar-refractivity contribution in [1.29, 1.82) is 0 Å². The zero-order chi connectivity index (χ0) is 15.6. The van der Waals surface area contributed by atoms with Crippen molar-refractivity contribution in [2.45, 2.75) is 24.3 Å². The van der Waals surface area contributed by atoms with Crippen LogP contribution in [0.1, 0.15) is 13.3 Å². The van der Waals surface area contributed by atoms with Crippen molar-refractivity contribution >= 4 is 15.7 Å². The minimum atomic E-state index is -3.61. The Kier molecular flexibility index (Phi) is 4.63. The monoisotopic (exact) mass is 314 g/mol. The molecular formula is C14H19FN2O3S. The molecule has 1 fully saturated rings. The number of hydrogen-bond donors (Lipinski definition) is 1. The summed E-state index contributed by atoms with van der Waals surface area (Å²) in [7, 11) is -3.61. The Morgan fingerprint density at radius 3 is 2.57 bits per heavy atom. The molecule has 5 nitrogen and oxygen atoms in total. The van der Waals surface area contributed by atoms with Crippen molar-refractivity contribution in [2.75, 3.05) is 18.8 Å². The zero-order valence-electron chi connectivity index (χ0n) is 11.8. The lowest BCUT2D eigenvalue weighted by atomic mass is 10.2. The van der Waals surface area contributed by atoms with Crippen molar-refractivity contribution in [3.05, 3.63) is 30.1 Å². The summed E-state index contributed by atoms with van der Waals surface area (Å²) < 4.78 is 37.3. The second-order valence-corrected chi connectivity index (χ2v) is 7.50. The van der Waals surface area contributed by atoms with Gasteiger partial charge >= 0.3 is 0 Å². The summed E-state index contributed by atoms with van der Waals surface area (Å²) >= 11 is 0. The van der Waals surface area contributed by atoms with E-state index in [-0.39, 0.29) is 22.6 Å². The first-order valence-electron chi connectivity index (χ1n) is 6.82. The SMILES string of the molecule is C[C@@H](CS(=O)(=O)c1ccc(F)cc1)C(=O)N1CC[C@H](N)C1. The van der Waals surface area contributed by atoms with E-state index >= 15 is 0 Å². The highest BCUT2D eigenvalue weighted by Gasteiger charge is 2.30. The van der Waals surface area contributed by atoms with Gasteiger partial charge in [0.05, 0.1) is 10.6 Å². The van der Waals surface area contributed by atoms with E-state index in [9.17, 15) is 17.6 Å². The van der Waals surface area contributed by atoms with Crippen LogP contribution in [0, 0.1) is 11.7 Å². The van der Waals surface area contributed by atoms with Gasteiger partial charge in [0.25, 0.3) is 0 Å². The summed E-state index contributed by atoms with van der Waals surface area (Å²) in [5.74, 6) is -1.63. The fourth-order valence-electron chi connectivity index (χ4n) is 2.44. The second-order valence-electron chi connectivity index (χ2n) is 5.47. The summed E-state index contributed by atoms with van der Waals surface area (Å²) in [4.78, 5) is 13.8. The lowest BCUT2D eigenvalue weighted by molar-refractivity contribution is -0.133. The van der Waals surface area contributed by atoms with E-state index in [1.807, 2.05) is 0 Å². The molecule has 1 aliphatic heterocycles. The third-order valence-electron chi connectivity index (χ3n) is 3.60. The van der Waals surface area contributed by atoms with E-state index in [4.69, 9.17) is 5.73 Å². The van der Waals surface area contributed by atoms with E-state index in [0.717, 1.165) is 18.6 Å². The van der Waals surface area contributed by atoms with E-state index in [1.54, 1.807) is 11.8 Å². The highest BCUT2D eigenvalue weighted by molar-refractivity contribution is 7.91. The average molecular weight is 314 g/mol. The quantitative estimate of drug-likeness (QED) is 0.834. The Balaban J connectivity index is 2.05. The fourth-order valence-corrected chi connectivity index (χ4v) is 3.98. The van der Waals surface area contributed by atoms with Crippen LogP contribution in [-0.2, 0) is 14.6 Å². The molecule has 116 valence electrons. The average Bonchev–Trinajstić information content (AvgIpc) is 2.84. The first-order chi connectivity index (χ1) is 9.79. The lowest BCUT2D eigenvalue weighted by Gasteiger charge is -2.20. The summed E-state index contributed by atoms with van der Waals surface area (Å²) in [6, 6.07) is 4.59. The molecule has 1 aromatic rings. The van der Waals surface area contributed by atoms with Crippen molar-refractivity contribution in [2.24, 2.45) is 11.7 Å². The van der Waals surface area contributed by atoms with Crippen LogP contribution in [0.5, 0.6) is 0 Å². The van der Waals surface area contributed by atoms with Gasteiger partial charge in [-0.25, -0.2) is 12.8 Å². The smallest absolute Gasteiger partial charge is 0.226 e. The molecule has 0 spiro atoms. The Morgan fingerprint density at radius 1 is 1.43 bits per heavy atom. The predicted molar refractivity (Wildman–Crippen MR) is 76.8 cm³/mol. The number of sulfone groups is 1. The molecule has 1 aromatic carbocycles. The third-order valence-corrected chi connectivity index (χ3v) is 5.53. The molecule has 2 atom stereocenters. The minimum Gasteiger partial charge on any atom is -0.341 e. The number of carbonyl (C=O) groups is 1. The molecule has 0 unspecified atom stereocenters. The number of benzene rings is 1. The highest BCUT2D eigenvalue weighted by Crippen LogP contribution is 2.18. The van der Waals surface area contributed by atoms with Crippen LogP contribution in [0.15, 0.2) is 29.2 Å². The maximum atomic E-state index is 12.8. The second kappa shape index (κ2) is 6.11. The van der Waals surface area contributed by atoms with E-state index in [0.29, 0.717) is 13.1 Å². The van der Waals surface area contributed by atoms with Crippen molar-refractivity contribution in [3.8, 4) is 0 Å². The Labute approximate surface area is 123 Å². The van der Waals surface area contributed by atoms with Crippen LogP contribution in [0.3, 0.4) is 0 Å². The molecule has 1 heterocycles. The Hall–Kier alpha value is -1.47. The fraction of sp³-hybridized carbons (Fsp3) is 0.500. The van der Waals surface area contributed by atoms with E-state index in [2.05, 4.69) is 0 Å². The Bertz CT molecular complexity index is 616. The van der Waals surface area contributed by atoms with Gasteiger partial charge in [0.15, 0.2) is 9.84 Å². The van der Waals surface area contributed by atoms with Gasteiger partial charge in [-0.15, -0.1) is 0 Å². The molecule has 0 aromatic heterocycles. The molecule has 0 aliphatic carbocycles. The molecule has 7 heteroatoms. The number of rotatable bonds is 4. The first kappa shape index (κ1) is 15.9. The lowest BCUT2D eigenvalue weighted by Crippen LogP contribution is -2.37. The number of nitrogens with two attached hydrogens (primary N) is 1. The van der Waals surface area contributed by atoms with Gasteiger partial charge in [-0.3, -0.25) is 4.79 Å². The van der Waals surface area contributed by atoms with Crippen LogP contribution >= 0.6 is 0 Å². The molecule has 0 bridgehead atoms. The van der Waals surface area contributed by atoms with Crippen LogP contribution in [0.4, 0.5) is 4.39 Å². The number of halogens is 1. The first-order valence-corrected chi connectivity index (χ1v) is 8.47. The molecule has 1 amide bonds. The topological polar surface area (TPSA) is 80.5 Å². The molecule has 1 aliphatic rings. The van der Waals surface area contributed by atoms with Crippen molar-refractivity contribution in [1.82, 2.24) is 4.90 Å². The molecule has 1 saturated heterocycles. The normalized spacial score (nSPS) is 20.5. The number of carbonyl (C=O) groups excluding carboxylic acids is 1. The number of likely N-dealkylation sites (tertiary alicyclic amines) is 1. The van der Waals surface area contributed by atoms with Crippen LogP contribution in [-0.4, -0.2) is 44.1 Å². The maximum Gasteiger partial charge on any atom is 0.226 e. The van der Waals surface area contributed by atoms with Gasteiger partial charge in [0, 0.05) is 25.0 Å². The third kappa shape index (κ3) is 3.79. The largest absolute Gasteiger partial charge is 0.341 e. The summed E-state index contributed by atoms with van der Waals surface area (Å²) in [6.07, 6.45) is 0.739. The summed E-state index contributed by atoms with van der Waals surface area (Å²) in [5.41, 5.74) is 5.75. The molecule has 2 N–H and O–H groups in total. The Morgan fingerprint density at radius 2 is 2.05 bits per heavy atom.